The van der Waals surface area contributed by atoms with Gasteiger partial charge >= 0.3 is 0 Å². The maximum atomic E-state index is 10.8. The van der Waals surface area contributed by atoms with Gasteiger partial charge in [0.2, 0.25) is 0 Å². The minimum absolute atomic E-state index is 0.351. The van der Waals surface area contributed by atoms with Crippen LogP contribution in [-0.2, 0) is 17.7 Å². The summed E-state index contributed by atoms with van der Waals surface area (Å²) in [6, 6.07) is 0. The van der Waals surface area contributed by atoms with Gasteiger partial charge in [-0.3, -0.25) is 4.68 Å². The Morgan fingerprint density at radius 2 is 2.00 bits per heavy atom. The molecule has 1 aromatic heterocycles. The summed E-state index contributed by atoms with van der Waals surface area (Å²) in [7, 11) is 1.72. The molecule has 5 nitrogen and oxygen atoms in total. The highest BCUT2D eigenvalue weighted by Crippen LogP contribution is 2.43. The Balaban J connectivity index is 2.07. The molecule has 1 atom stereocenters. The molecule has 1 aliphatic carbocycles. The summed E-state index contributed by atoms with van der Waals surface area (Å²) >= 11 is 0. The summed E-state index contributed by atoms with van der Waals surface area (Å²) in [4.78, 5) is 4.30. The fourth-order valence-electron chi connectivity index (χ4n) is 3.23. The van der Waals surface area contributed by atoms with Gasteiger partial charge in [0.05, 0.1) is 11.7 Å². The van der Waals surface area contributed by atoms with E-state index in [0.717, 1.165) is 44.5 Å². The van der Waals surface area contributed by atoms with Crippen LogP contribution in [0.1, 0.15) is 58.7 Å². The van der Waals surface area contributed by atoms with Gasteiger partial charge in [0.25, 0.3) is 0 Å². The fourth-order valence-corrected chi connectivity index (χ4v) is 3.23. The van der Waals surface area contributed by atoms with Crippen LogP contribution in [0.15, 0.2) is 6.33 Å². The van der Waals surface area contributed by atoms with Crippen molar-refractivity contribution in [2.75, 3.05) is 7.11 Å². The quantitative estimate of drug-likeness (QED) is 0.876. The molecule has 21 heavy (non-hydrogen) atoms. The van der Waals surface area contributed by atoms with Crippen LogP contribution < -0.4 is 0 Å². The average Bonchev–Trinajstić information content (AvgIpc) is 2.87. The molecule has 0 saturated heterocycles. The largest absolute Gasteiger partial charge is 0.390 e. The highest BCUT2D eigenvalue weighted by atomic mass is 16.5. The third kappa shape index (κ3) is 3.64. The second-order valence-corrected chi connectivity index (χ2v) is 7.05. The molecule has 0 amide bonds. The molecule has 1 unspecified atom stereocenters. The average molecular weight is 295 g/mol. The number of nitrogens with zero attached hydrogens (tertiary/aromatic N) is 3. The number of hydrogen-bond acceptors (Lipinski definition) is 4. The lowest BCUT2D eigenvalue weighted by atomic mass is 9.68. The van der Waals surface area contributed by atoms with Gasteiger partial charge < -0.3 is 9.84 Å². The smallest absolute Gasteiger partial charge is 0.138 e. The molecule has 2 rings (SSSR count). The third-order valence-corrected chi connectivity index (χ3v) is 4.97. The molecule has 120 valence electrons. The first kappa shape index (κ1) is 16.4. The Hall–Kier alpha value is -0.940. The summed E-state index contributed by atoms with van der Waals surface area (Å²) in [5.41, 5.74) is -0.0809. The first-order valence-corrected chi connectivity index (χ1v) is 8.02. The van der Waals surface area contributed by atoms with E-state index >= 15 is 0 Å². The maximum Gasteiger partial charge on any atom is 0.138 e. The highest BCUT2D eigenvalue weighted by Gasteiger charge is 2.44. The number of hydrogen-bond donors (Lipinski definition) is 1. The van der Waals surface area contributed by atoms with Gasteiger partial charge in [0.1, 0.15) is 12.2 Å². The first-order valence-electron chi connectivity index (χ1n) is 8.02. The molecule has 0 radical (unpaired) electrons. The normalized spacial score (nSPS) is 22.1. The zero-order chi connectivity index (χ0) is 15.5. The van der Waals surface area contributed by atoms with E-state index in [0.29, 0.717) is 11.8 Å². The molecule has 5 heteroatoms. The Bertz CT molecular complexity index is 446. The molecule has 1 aromatic rings. The zero-order valence-electron chi connectivity index (χ0n) is 13.8. The van der Waals surface area contributed by atoms with Gasteiger partial charge in [0.15, 0.2) is 0 Å². The number of aromatic nitrogens is 3. The van der Waals surface area contributed by atoms with Crippen molar-refractivity contribution < 1.29 is 9.84 Å². The van der Waals surface area contributed by atoms with Crippen LogP contribution in [0.2, 0.25) is 0 Å². The van der Waals surface area contributed by atoms with Gasteiger partial charge in [-0.05, 0) is 37.5 Å². The van der Waals surface area contributed by atoms with Crippen molar-refractivity contribution in [1.29, 1.82) is 0 Å². The summed E-state index contributed by atoms with van der Waals surface area (Å²) in [6.07, 6.45) is 6.53. The van der Waals surface area contributed by atoms with Crippen LogP contribution >= 0.6 is 0 Å². The minimum Gasteiger partial charge on any atom is -0.390 e. The third-order valence-electron chi connectivity index (χ3n) is 4.97. The predicted molar refractivity (Wildman–Crippen MR) is 82.0 cm³/mol. The van der Waals surface area contributed by atoms with E-state index in [1.807, 2.05) is 4.68 Å². The number of aryl methyl sites for hydroxylation is 1. The van der Waals surface area contributed by atoms with Crippen LogP contribution in [0.5, 0.6) is 0 Å². The Kier molecular flexibility index (Phi) is 5.04. The number of aliphatic hydroxyl groups is 1. The van der Waals surface area contributed by atoms with Crippen molar-refractivity contribution in [3.8, 4) is 0 Å². The molecule has 1 saturated carbocycles. The van der Waals surface area contributed by atoms with Gasteiger partial charge in [-0.25, -0.2) is 4.98 Å². The predicted octanol–water partition coefficient (Wildman–Crippen LogP) is 2.58. The topological polar surface area (TPSA) is 60.2 Å². The summed E-state index contributed by atoms with van der Waals surface area (Å²) in [5, 5.41) is 15.0. The van der Waals surface area contributed by atoms with Crippen molar-refractivity contribution in [3.63, 3.8) is 0 Å². The van der Waals surface area contributed by atoms with Crippen LogP contribution in [0.4, 0.5) is 0 Å². The Labute approximate surface area is 127 Å². The van der Waals surface area contributed by atoms with Crippen molar-refractivity contribution >= 4 is 0 Å². The Morgan fingerprint density at radius 3 is 2.57 bits per heavy atom. The first-order chi connectivity index (χ1) is 9.92. The molecule has 0 aromatic carbocycles. The van der Waals surface area contributed by atoms with Crippen molar-refractivity contribution in [2.24, 2.45) is 5.41 Å². The number of rotatable bonds is 6. The summed E-state index contributed by atoms with van der Waals surface area (Å²) in [6.45, 7) is 7.53. The lowest BCUT2D eigenvalue weighted by molar-refractivity contribution is -0.136. The number of aliphatic hydroxyl groups excluding tert-OH is 1. The molecule has 0 spiro atoms. The van der Waals surface area contributed by atoms with E-state index in [1.54, 1.807) is 13.4 Å². The molecule has 0 aliphatic heterocycles. The maximum absolute atomic E-state index is 10.8. The van der Waals surface area contributed by atoms with Crippen molar-refractivity contribution in [3.05, 3.63) is 12.2 Å². The fraction of sp³-hybridized carbons (Fsp3) is 0.875. The molecule has 1 aliphatic rings. The van der Waals surface area contributed by atoms with Crippen LogP contribution in [0, 0.1) is 5.41 Å². The monoisotopic (exact) mass is 295 g/mol. The number of ether oxygens (including phenoxy) is 1. The second kappa shape index (κ2) is 6.44. The van der Waals surface area contributed by atoms with E-state index < -0.39 is 11.7 Å². The number of methoxy groups -OCH3 is 1. The van der Waals surface area contributed by atoms with Gasteiger partial charge in [-0.2, -0.15) is 5.10 Å². The van der Waals surface area contributed by atoms with E-state index in [-0.39, 0.29) is 0 Å². The second-order valence-electron chi connectivity index (χ2n) is 7.05. The minimum atomic E-state index is -0.529. The van der Waals surface area contributed by atoms with Gasteiger partial charge in [0, 0.05) is 20.1 Å². The summed E-state index contributed by atoms with van der Waals surface area (Å²) in [5.74, 6) is 0.852. The van der Waals surface area contributed by atoms with Crippen molar-refractivity contribution in [2.45, 2.75) is 77.5 Å². The van der Waals surface area contributed by atoms with Crippen molar-refractivity contribution in [1.82, 2.24) is 14.8 Å². The Morgan fingerprint density at radius 1 is 1.33 bits per heavy atom. The van der Waals surface area contributed by atoms with Crippen LogP contribution in [-0.4, -0.2) is 38.7 Å². The standard InChI is InChI=1S/C16H29N3O2/c1-5-10-19-14(17-12-18-19)11-13(20)16(21-4)8-6-15(2,3)7-9-16/h12-13,20H,5-11H2,1-4H3. The molecular weight excluding hydrogens is 266 g/mol. The molecule has 1 heterocycles. The SMILES string of the molecule is CCCn1ncnc1CC(O)C1(OC)CCC(C)(C)CC1. The molecular formula is C16H29N3O2. The highest BCUT2D eigenvalue weighted by molar-refractivity contribution is 5.00. The van der Waals surface area contributed by atoms with Crippen LogP contribution in [0.25, 0.3) is 0 Å². The van der Waals surface area contributed by atoms with E-state index in [9.17, 15) is 5.11 Å². The van der Waals surface area contributed by atoms with Gasteiger partial charge in [-0.1, -0.05) is 20.8 Å². The van der Waals surface area contributed by atoms with E-state index in [4.69, 9.17) is 4.74 Å². The molecule has 1 N–H and O–H groups in total. The lowest BCUT2D eigenvalue weighted by Crippen LogP contribution is -2.49. The molecule has 0 bridgehead atoms. The van der Waals surface area contributed by atoms with Gasteiger partial charge in [-0.15, -0.1) is 0 Å². The van der Waals surface area contributed by atoms with E-state index in [2.05, 4.69) is 30.9 Å². The zero-order valence-corrected chi connectivity index (χ0v) is 13.8. The molecule has 1 fully saturated rings. The van der Waals surface area contributed by atoms with E-state index in [1.165, 1.54) is 0 Å². The van der Waals surface area contributed by atoms with Crippen LogP contribution in [0.3, 0.4) is 0 Å². The summed E-state index contributed by atoms with van der Waals surface area (Å²) < 4.78 is 7.66. The lowest BCUT2D eigenvalue weighted by Gasteiger charge is -2.45.